The normalized spacial score (nSPS) is 14.2. The number of nitrogens with zero attached hydrogens (tertiary/aromatic N) is 1. The number of amides is 2. The molecule has 0 bridgehead atoms. The van der Waals surface area contributed by atoms with Gasteiger partial charge in [-0.3, -0.25) is 9.59 Å². The van der Waals surface area contributed by atoms with Gasteiger partial charge < -0.3 is 10.1 Å². The summed E-state index contributed by atoms with van der Waals surface area (Å²) in [6.07, 6.45) is 7.91. The number of hydrogen-bond acceptors (Lipinski definition) is 7. The Morgan fingerprint density at radius 2 is 1.78 bits per heavy atom. The first-order chi connectivity index (χ1) is 17.7. The van der Waals surface area contributed by atoms with Crippen LogP contribution in [0.15, 0.2) is 47.5 Å². The van der Waals surface area contributed by atoms with E-state index in [4.69, 9.17) is 4.74 Å². The number of sulfonamides is 1. The van der Waals surface area contributed by atoms with Gasteiger partial charge in [0.15, 0.2) is 0 Å². The molecule has 200 valence electrons. The van der Waals surface area contributed by atoms with Crippen LogP contribution in [0.2, 0.25) is 0 Å². The summed E-state index contributed by atoms with van der Waals surface area (Å²) in [4.78, 5) is 41.0. The Balaban J connectivity index is 1.57. The maximum Gasteiger partial charge on any atom is 0.357 e. The number of carbonyl (C=O) groups excluding carboxylic acids is 3. The molecule has 2 amide bonds. The Bertz CT molecular complexity index is 1190. The van der Waals surface area contributed by atoms with Crippen molar-refractivity contribution < 1.29 is 27.5 Å². The van der Waals surface area contributed by atoms with Gasteiger partial charge in [-0.2, -0.15) is 0 Å². The second-order valence-electron chi connectivity index (χ2n) is 9.23. The maximum atomic E-state index is 12.8. The minimum absolute atomic E-state index is 0.00997. The first-order valence-electron chi connectivity index (χ1n) is 12.8. The molecule has 0 atom stereocenters. The zero-order valence-electron chi connectivity index (χ0n) is 21.4. The highest BCUT2D eigenvalue weighted by Crippen LogP contribution is 2.23. The Morgan fingerprint density at radius 3 is 2.43 bits per heavy atom. The molecule has 0 aliphatic heterocycles. The summed E-state index contributed by atoms with van der Waals surface area (Å²) >= 11 is 0. The van der Waals surface area contributed by atoms with E-state index in [1.54, 1.807) is 12.1 Å². The lowest BCUT2D eigenvalue weighted by molar-refractivity contribution is -0.125. The molecular weight excluding hydrogens is 494 g/mol. The molecule has 1 aliphatic carbocycles. The Morgan fingerprint density at radius 1 is 1.05 bits per heavy atom. The number of rotatable bonds is 11. The maximum absolute atomic E-state index is 12.8. The first-order valence-corrected chi connectivity index (χ1v) is 14.3. The number of pyridine rings is 1. The minimum Gasteiger partial charge on any atom is -0.458 e. The van der Waals surface area contributed by atoms with Crippen LogP contribution in [0.3, 0.4) is 0 Å². The molecule has 0 saturated heterocycles. The van der Waals surface area contributed by atoms with Crippen molar-refractivity contribution in [3.8, 4) is 0 Å². The molecule has 3 rings (SSSR count). The highest BCUT2D eigenvalue weighted by molar-refractivity contribution is 7.90. The molecule has 1 aromatic heterocycles. The Kier molecular flexibility index (Phi) is 10.2. The van der Waals surface area contributed by atoms with E-state index in [9.17, 15) is 22.8 Å². The van der Waals surface area contributed by atoms with Crippen molar-refractivity contribution in [2.45, 2.75) is 76.2 Å². The van der Waals surface area contributed by atoms with Crippen molar-refractivity contribution in [2.24, 2.45) is 5.92 Å². The van der Waals surface area contributed by atoms with Gasteiger partial charge in [0.1, 0.15) is 11.8 Å². The Hall–Kier alpha value is -3.27. The first kappa shape index (κ1) is 28.3. The standard InChI is InChI=1S/C27H35N3O6S/c1-3-22(4-2)36-27(33)24-14-13-21(18-29-24)26(32)30-37(34,35)23-12-8-9-19(17-23)15-16-28-25(31)20-10-6-5-7-11-20/h8-9,12-14,17-18,20,22H,3-7,10-11,15-16H2,1-2H3,(H,28,31)(H,30,32). The van der Waals surface area contributed by atoms with Crippen molar-refractivity contribution in [1.82, 2.24) is 15.0 Å². The number of ether oxygens (including phenoxy) is 1. The third kappa shape index (κ3) is 8.11. The molecule has 1 fully saturated rings. The van der Waals surface area contributed by atoms with E-state index < -0.39 is 21.9 Å². The fraction of sp³-hybridized carbons (Fsp3) is 0.481. The van der Waals surface area contributed by atoms with E-state index in [1.807, 2.05) is 18.6 Å². The van der Waals surface area contributed by atoms with Gasteiger partial charge in [0.25, 0.3) is 15.9 Å². The second kappa shape index (κ2) is 13.3. The molecule has 37 heavy (non-hydrogen) atoms. The van der Waals surface area contributed by atoms with Crippen LogP contribution in [0.1, 0.15) is 85.2 Å². The zero-order valence-corrected chi connectivity index (χ0v) is 22.2. The van der Waals surface area contributed by atoms with Crippen LogP contribution < -0.4 is 10.0 Å². The molecular formula is C27H35N3O6S. The van der Waals surface area contributed by atoms with E-state index in [1.165, 1.54) is 30.7 Å². The van der Waals surface area contributed by atoms with Gasteiger partial charge in [0.05, 0.1) is 10.5 Å². The van der Waals surface area contributed by atoms with E-state index >= 15 is 0 Å². The largest absolute Gasteiger partial charge is 0.458 e. The van der Waals surface area contributed by atoms with Crippen molar-refractivity contribution in [1.29, 1.82) is 0 Å². The summed E-state index contributed by atoms with van der Waals surface area (Å²) in [5.41, 5.74) is 0.750. The summed E-state index contributed by atoms with van der Waals surface area (Å²) in [6, 6.07) is 8.91. The highest BCUT2D eigenvalue weighted by Gasteiger charge is 2.22. The van der Waals surface area contributed by atoms with Crippen molar-refractivity contribution in [3.05, 3.63) is 59.4 Å². The van der Waals surface area contributed by atoms with Gasteiger partial charge in [0.2, 0.25) is 5.91 Å². The van der Waals surface area contributed by atoms with Gasteiger partial charge >= 0.3 is 5.97 Å². The van der Waals surface area contributed by atoms with Crippen molar-refractivity contribution >= 4 is 27.8 Å². The Labute approximate surface area is 218 Å². The summed E-state index contributed by atoms with van der Waals surface area (Å²) in [7, 11) is -4.14. The van der Waals surface area contributed by atoms with Crippen LogP contribution in [0.5, 0.6) is 0 Å². The van der Waals surface area contributed by atoms with Crippen molar-refractivity contribution in [3.63, 3.8) is 0 Å². The summed E-state index contributed by atoms with van der Waals surface area (Å²) < 4.78 is 33.0. The lowest BCUT2D eigenvalue weighted by Crippen LogP contribution is -2.33. The van der Waals surface area contributed by atoms with E-state index in [2.05, 4.69) is 10.3 Å². The van der Waals surface area contributed by atoms with Gasteiger partial charge in [-0.15, -0.1) is 0 Å². The number of esters is 1. The van der Waals surface area contributed by atoms with Crippen LogP contribution >= 0.6 is 0 Å². The lowest BCUT2D eigenvalue weighted by atomic mass is 9.88. The molecule has 2 N–H and O–H groups in total. The number of benzene rings is 1. The molecule has 1 aliphatic rings. The van der Waals surface area contributed by atoms with Crippen LogP contribution in [0.4, 0.5) is 0 Å². The zero-order chi connectivity index (χ0) is 26.8. The number of aromatic nitrogens is 1. The minimum atomic E-state index is -4.14. The quantitative estimate of drug-likeness (QED) is 0.423. The number of carbonyl (C=O) groups is 3. The van der Waals surface area contributed by atoms with E-state index in [-0.39, 0.29) is 34.1 Å². The molecule has 0 radical (unpaired) electrons. The molecule has 1 aromatic carbocycles. The second-order valence-corrected chi connectivity index (χ2v) is 10.9. The van der Waals surface area contributed by atoms with Crippen LogP contribution in [0, 0.1) is 5.92 Å². The topological polar surface area (TPSA) is 132 Å². The van der Waals surface area contributed by atoms with Crippen LogP contribution in [-0.4, -0.2) is 43.8 Å². The molecule has 2 aromatic rings. The number of hydrogen-bond donors (Lipinski definition) is 2. The molecule has 0 unspecified atom stereocenters. The fourth-order valence-corrected chi connectivity index (χ4v) is 5.31. The monoisotopic (exact) mass is 529 g/mol. The predicted molar refractivity (Wildman–Crippen MR) is 138 cm³/mol. The highest BCUT2D eigenvalue weighted by atomic mass is 32.2. The average molecular weight is 530 g/mol. The smallest absolute Gasteiger partial charge is 0.357 e. The van der Waals surface area contributed by atoms with Gasteiger partial charge in [-0.1, -0.05) is 45.2 Å². The number of nitrogens with one attached hydrogen (secondary N) is 2. The van der Waals surface area contributed by atoms with Gasteiger partial charge in [-0.05, 0) is 61.9 Å². The van der Waals surface area contributed by atoms with Crippen LogP contribution in [-0.2, 0) is 26.0 Å². The molecule has 0 spiro atoms. The average Bonchev–Trinajstić information content (AvgIpc) is 2.92. The third-order valence-corrected chi connectivity index (χ3v) is 7.87. The molecule has 1 saturated carbocycles. The summed E-state index contributed by atoms with van der Waals surface area (Å²) in [5, 5.41) is 2.94. The van der Waals surface area contributed by atoms with E-state index in [0.717, 1.165) is 37.4 Å². The predicted octanol–water partition coefficient (Wildman–Crippen LogP) is 3.78. The molecule has 9 nitrogen and oxygen atoms in total. The van der Waals surface area contributed by atoms with Crippen molar-refractivity contribution in [2.75, 3.05) is 6.54 Å². The van der Waals surface area contributed by atoms with Gasteiger partial charge in [0, 0.05) is 18.7 Å². The van der Waals surface area contributed by atoms with E-state index in [0.29, 0.717) is 25.8 Å². The van der Waals surface area contributed by atoms with Gasteiger partial charge in [-0.25, -0.2) is 22.9 Å². The summed E-state index contributed by atoms with van der Waals surface area (Å²) in [6.45, 7) is 4.23. The fourth-order valence-electron chi connectivity index (χ4n) is 4.26. The lowest BCUT2D eigenvalue weighted by Gasteiger charge is -2.20. The third-order valence-electron chi connectivity index (χ3n) is 6.54. The SMILES string of the molecule is CCC(CC)OC(=O)c1ccc(C(=O)NS(=O)(=O)c2cccc(CCNC(=O)C3CCCCC3)c2)cn1. The van der Waals surface area contributed by atoms with Crippen LogP contribution in [0.25, 0.3) is 0 Å². The molecule has 10 heteroatoms. The summed E-state index contributed by atoms with van der Waals surface area (Å²) in [5.74, 6) is -1.34. The molecule has 1 heterocycles.